The van der Waals surface area contributed by atoms with Crippen LogP contribution in [0.5, 0.6) is 23.0 Å². The van der Waals surface area contributed by atoms with Crippen LogP contribution in [0.4, 0.5) is 4.39 Å². The molecule has 0 spiro atoms. The molecule has 2 aromatic carbocycles. The average Bonchev–Trinajstić information content (AvgIpc) is 2.89. The topological polar surface area (TPSA) is 80.9 Å². The van der Waals surface area contributed by atoms with Gasteiger partial charge in [-0.05, 0) is 91.7 Å². The van der Waals surface area contributed by atoms with E-state index in [1.807, 2.05) is 12.1 Å². The fourth-order valence-corrected chi connectivity index (χ4v) is 6.19. The smallest absolute Gasteiger partial charge is 0.123 e. The molecule has 0 heterocycles. The van der Waals surface area contributed by atoms with Crippen molar-refractivity contribution in [3.8, 4) is 23.0 Å². The maximum Gasteiger partial charge on any atom is 0.123 e. The van der Waals surface area contributed by atoms with Crippen LogP contribution in [0.2, 0.25) is 0 Å². The summed E-state index contributed by atoms with van der Waals surface area (Å²) in [4.78, 5) is 0. The highest BCUT2D eigenvalue weighted by Gasteiger charge is 2.21. The Hall–Kier alpha value is -2.43. The zero-order valence-corrected chi connectivity index (χ0v) is 26.2. The lowest BCUT2D eigenvalue weighted by Crippen LogP contribution is -2.05. The summed E-state index contributed by atoms with van der Waals surface area (Å²) in [5.41, 5.74) is 2.60. The first-order chi connectivity index (χ1) is 19.6. The largest absolute Gasteiger partial charge is 0.508 e. The van der Waals surface area contributed by atoms with Gasteiger partial charge in [0.25, 0.3) is 0 Å². The van der Waals surface area contributed by atoms with Gasteiger partial charge in [-0.1, -0.05) is 91.9 Å². The predicted molar refractivity (Wildman–Crippen MR) is 169 cm³/mol. The number of rotatable bonds is 21. The molecule has 0 aromatic heterocycles. The lowest BCUT2D eigenvalue weighted by Gasteiger charge is -2.21. The number of hydrogen-bond acceptors (Lipinski definition) is 4. The highest BCUT2D eigenvalue weighted by atomic mass is 19.1. The van der Waals surface area contributed by atoms with E-state index in [9.17, 15) is 24.8 Å². The maximum absolute atomic E-state index is 13.9. The molecule has 0 radical (unpaired) electrons. The minimum Gasteiger partial charge on any atom is -0.508 e. The first-order valence-corrected chi connectivity index (χ1v) is 16.3. The molecule has 5 heteroatoms. The van der Waals surface area contributed by atoms with Crippen molar-refractivity contribution >= 4 is 0 Å². The van der Waals surface area contributed by atoms with Crippen LogP contribution in [0, 0.1) is 11.8 Å². The Kier molecular flexibility index (Phi) is 16.0. The highest BCUT2D eigenvalue weighted by Crippen LogP contribution is 2.41. The van der Waals surface area contributed by atoms with Gasteiger partial charge in [0, 0.05) is 11.6 Å². The molecule has 0 amide bonds. The van der Waals surface area contributed by atoms with Gasteiger partial charge in [-0.3, -0.25) is 0 Å². The molecule has 2 aromatic rings. The van der Waals surface area contributed by atoms with Crippen LogP contribution in [0.15, 0.2) is 30.3 Å². The number of hydrogen-bond donors (Lipinski definition) is 4. The fourth-order valence-electron chi connectivity index (χ4n) is 6.19. The molecular formula is C36H57FO4. The van der Waals surface area contributed by atoms with Crippen molar-refractivity contribution in [3.05, 3.63) is 47.0 Å². The quantitative estimate of drug-likeness (QED) is 0.112. The van der Waals surface area contributed by atoms with Gasteiger partial charge in [-0.15, -0.1) is 0 Å². The van der Waals surface area contributed by atoms with Crippen LogP contribution in [-0.4, -0.2) is 26.6 Å². The summed E-state index contributed by atoms with van der Waals surface area (Å²) in [7, 11) is 0. The summed E-state index contributed by atoms with van der Waals surface area (Å²) in [6, 6.07) is 8.47. The summed E-state index contributed by atoms with van der Waals surface area (Å²) < 4.78 is 13.9. The number of phenols is 4. The second-order valence-corrected chi connectivity index (χ2v) is 12.7. The molecule has 0 aliphatic heterocycles. The molecule has 4 atom stereocenters. The third-order valence-electron chi connectivity index (χ3n) is 8.48. The predicted octanol–water partition coefficient (Wildman–Crippen LogP) is 10.5. The van der Waals surface area contributed by atoms with Gasteiger partial charge in [0.1, 0.15) is 29.2 Å². The van der Waals surface area contributed by atoms with Gasteiger partial charge in [0.15, 0.2) is 0 Å². The molecule has 0 fully saturated rings. The van der Waals surface area contributed by atoms with Crippen molar-refractivity contribution in [2.75, 3.05) is 0 Å². The SMILES string of the molecule is CCCC[C@@H](F)CCCC[C@H](C)Cc1cc(O)c([C@@H](CCCC)CCCC[C@H](C)Cc2cc(O)cc(O)c2)c(O)c1. The van der Waals surface area contributed by atoms with E-state index in [1.54, 1.807) is 12.1 Å². The summed E-state index contributed by atoms with van der Waals surface area (Å²) >= 11 is 0. The van der Waals surface area contributed by atoms with Crippen molar-refractivity contribution in [2.24, 2.45) is 11.8 Å². The van der Waals surface area contributed by atoms with Gasteiger partial charge in [-0.2, -0.15) is 0 Å². The molecule has 0 unspecified atom stereocenters. The number of halogens is 1. The lowest BCUT2D eigenvalue weighted by atomic mass is 9.85. The van der Waals surface area contributed by atoms with Crippen LogP contribution in [-0.2, 0) is 12.8 Å². The fraction of sp³-hybridized carbons (Fsp3) is 0.667. The second kappa shape index (κ2) is 18.9. The number of benzene rings is 2. The number of aromatic hydroxyl groups is 4. The zero-order valence-electron chi connectivity index (χ0n) is 26.2. The molecule has 0 saturated carbocycles. The number of alkyl halides is 1. The molecule has 4 nitrogen and oxygen atoms in total. The number of unbranched alkanes of at least 4 members (excludes halogenated alkanes) is 4. The molecule has 2 rings (SSSR count). The Labute approximate surface area is 249 Å². The van der Waals surface area contributed by atoms with Crippen LogP contribution < -0.4 is 0 Å². The third-order valence-corrected chi connectivity index (χ3v) is 8.48. The van der Waals surface area contributed by atoms with E-state index in [2.05, 4.69) is 27.7 Å². The Bertz CT molecular complexity index is 964. The third kappa shape index (κ3) is 13.4. The summed E-state index contributed by atoms with van der Waals surface area (Å²) in [6.07, 6.45) is 14.3. The van der Waals surface area contributed by atoms with E-state index in [4.69, 9.17) is 0 Å². The van der Waals surface area contributed by atoms with Crippen LogP contribution in [0.3, 0.4) is 0 Å². The molecule has 0 saturated heterocycles. The van der Waals surface area contributed by atoms with E-state index in [1.165, 1.54) is 6.07 Å². The molecule has 0 aliphatic rings. The highest BCUT2D eigenvalue weighted by molar-refractivity contribution is 5.49. The van der Waals surface area contributed by atoms with E-state index >= 15 is 0 Å². The second-order valence-electron chi connectivity index (χ2n) is 12.7. The molecule has 232 valence electrons. The van der Waals surface area contributed by atoms with Gasteiger partial charge in [0.2, 0.25) is 0 Å². The van der Waals surface area contributed by atoms with Crippen LogP contribution >= 0.6 is 0 Å². The van der Waals surface area contributed by atoms with Gasteiger partial charge >= 0.3 is 0 Å². The van der Waals surface area contributed by atoms with Gasteiger partial charge < -0.3 is 20.4 Å². The van der Waals surface area contributed by atoms with Crippen molar-refractivity contribution < 1.29 is 24.8 Å². The molecule has 0 aliphatic carbocycles. The van der Waals surface area contributed by atoms with E-state index in [0.717, 1.165) is 101 Å². The summed E-state index contributed by atoms with van der Waals surface area (Å²) in [6.45, 7) is 8.65. The molecule has 41 heavy (non-hydrogen) atoms. The van der Waals surface area contributed by atoms with Crippen molar-refractivity contribution in [3.63, 3.8) is 0 Å². The van der Waals surface area contributed by atoms with Gasteiger partial charge in [-0.25, -0.2) is 4.39 Å². The van der Waals surface area contributed by atoms with Crippen molar-refractivity contribution in [1.29, 1.82) is 0 Å². The van der Waals surface area contributed by atoms with Gasteiger partial charge in [0.05, 0.1) is 0 Å². The number of phenolic OH excluding ortho intramolecular Hbond substituents is 4. The van der Waals surface area contributed by atoms with Crippen LogP contribution in [0.1, 0.15) is 140 Å². The van der Waals surface area contributed by atoms with E-state index in [-0.39, 0.29) is 28.9 Å². The normalized spacial score (nSPS) is 14.6. The first-order valence-electron chi connectivity index (χ1n) is 16.3. The Morgan fingerprint density at radius 3 is 1.51 bits per heavy atom. The van der Waals surface area contributed by atoms with Crippen molar-refractivity contribution in [1.82, 2.24) is 0 Å². The van der Waals surface area contributed by atoms with E-state index in [0.29, 0.717) is 30.2 Å². The minimum absolute atomic E-state index is 0.0931. The monoisotopic (exact) mass is 572 g/mol. The maximum atomic E-state index is 13.9. The van der Waals surface area contributed by atoms with Crippen molar-refractivity contribution in [2.45, 2.75) is 143 Å². The molecule has 4 N–H and O–H groups in total. The van der Waals surface area contributed by atoms with E-state index < -0.39 is 6.17 Å². The Balaban J connectivity index is 1.88. The Morgan fingerprint density at radius 2 is 0.976 bits per heavy atom. The van der Waals surface area contributed by atoms with Crippen LogP contribution in [0.25, 0.3) is 0 Å². The summed E-state index contributed by atoms with van der Waals surface area (Å²) in [5, 5.41) is 41.5. The molecule has 0 bridgehead atoms. The lowest BCUT2D eigenvalue weighted by molar-refractivity contribution is 0.279. The zero-order chi connectivity index (χ0) is 30.2. The Morgan fingerprint density at radius 1 is 0.561 bits per heavy atom. The first kappa shape index (κ1) is 34.8. The average molecular weight is 573 g/mol. The molecular weight excluding hydrogens is 515 g/mol. The standard InChI is InChI=1S/C36H57FO4/c1-5-7-15-30(16-11-9-13-26(3)19-28-21-32(38)25-33(39)22-28)36-34(40)23-29(24-35(36)41)20-27(4)14-10-12-18-31(37)17-8-6-2/h21-27,30-31,38-41H,5-20H2,1-4H3/t26-,27-,30-,31+/m0/s1. The summed E-state index contributed by atoms with van der Waals surface area (Å²) in [5.74, 6) is 1.57. The minimum atomic E-state index is -0.671.